The highest BCUT2D eigenvalue weighted by Gasteiger charge is 2.37. The van der Waals surface area contributed by atoms with E-state index < -0.39 is 11.7 Å². The maximum Gasteiger partial charge on any atom is 0.418 e. The van der Waals surface area contributed by atoms with Gasteiger partial charge in [-0.1, -0.05) is 12.1 Å². The summed E-state index contributed by atoms with van der Waals surface area (Å²) in [6.07, 6.45) is -2.45. The summed E-state index contributed by atoms with van der Waals surface area (Å²) in [6, 6.07) is 6.00. The van der Waals surface area contributed by atoms with E-state index in [0.29, 0.717) is 18.8 Å². The lowest BCUT2D eigenvalue weighted by Gasteiger charge is -2.32. The number of anilines is 1. The Labute approximate surface area is 124 Å². The van der Waals surface area contributed by atoms with Crippen molar-refractivity contribution in [3.05, 3.63) is 29.8 Å². The van der Waals surface area contributed by atoms with Gasteiger partial charge in [-0.3, -0.25) is 0 Å². The number of rotatable bonds is 3. The molecule has 5 heteroatoms. The Balaban J connectivity index is 2.21. The fourth-order valence-electron chi connectivity index (χ4n) is 2.75. The van der Waals surface area contributed by atoms with Crippen molar-refractivity contribution in [1.29, 1.82) is 0 Å². The average molecular weight is 300 g/mol. The number of hydrogen-bond acceptors (Lipinski definition) is 2. The first-order chi connectivity index (χ1) is 9.68. The molecule has 0 bridgehead atoms. The zero-order valence-electron chi connectivity index (χ0n) is 12.8. The molecule has 1 heterocycles. The van der Waals surface area contributed by atoms with Crippen LogP contribution in [0.1, 0.15) is 39.2 Å². The molecule has 0 amide bonds. The first-order valence-electron chi connectivity index (χ1n) is 7.36. The smallest absolute Gasteiger partial charge is 0.367 e. The zero-order chi connectivity index (χ0) is 15.7. The van der Waals surface area contributed by atoms with Crippen LogP contribution in [0.4, 0.5) is 18.9 Å². The third kappa shape index (κ3) is 4.13. The fraction of sp³-hybridized carbons (Fsp3) is 0.625. The Morgan fingerprint density at radius 2 is 1.86 bits per heavy atom. The third-order valence-corrected chi connectivity index (χ3v) is 3.76. The van der Waals surface area contributed by atoms with Crippen LogP contribution in [-0.4, -0.2) is 24.7 Å². The number of alkyl halides is 3. The van der Waals surface area contributed by atoms with Crippen LogP contribution in [0.5, 0.6) is 0 Å². The molecule has 1 aliphatic rings. The number of benzene rings is 1. The van der Waals surface area contributed by atoms with Gasteiger partial charge in [-0.15, -0.1) is 0 Å². The predicted molar refractivity (Wildman–Crippen MR) is 79.6 cm³/mol. The fourth-order valence-corrected chi connectivity index (χ4v) is 2.75. The molecule has 0 aliphatic carbocycles. The van der Waals surface area contributed by atoms with E-state index in [1.165, 1.54) is 12.1 Å². The number of hydrogen-bond donors (Lipinski definition) is 1. The van der Waals surface area contributed by atoms with Crippen LogP contribution in [0.2, 0.25) is 0 Å². The van der Waals surface area contributed by atoms with Crippen LogP contribution in [0, 0.1) is 0 Å². The van der Waals surface area contributed by atoms with E-state index in [1.54, 1.807) is 12.1 Å². The second kappa shape index (κ2) is 5.87. The van der Waals surface area contributed by atoms with Gasteiger partial charge < -0.3 is 10.2 Å². The van der Waals surface area contributed by atoms with E-state index in [1.807, 2.05) is 4.90 Å². The van der Waals surface area contributed by atoms with Crippen molar-refractivity contribution in [2.24, 2.45) is 0 Å². The first-order valence-corrected chi connectivity index (χ1v) is 7.36. The monoisotopic (exact) mass is 300 g/mol. The second-order valence-electron chi connectivity index (χ2n) is 6.64. The highest BCUT2D eigenvalue weighted by atomic mass is 19.4. The van der Waals surface area contributed by atoms with Crippen LogP contribution in [0.3, 0.4) is 0 Å². The molecule has 21 heavy (non-hydrogen) atoms. The summed E-state index contributed by atoms with van der Waals surface area (Å²) >= 11 is 0. The van der Waals surface area contributed by atoms with Crippen LogP contribution in [-0.2, 0) is 6.18 Å². The van der Waals surface area contributed by atoms with Crippen LogP contribution in [0.25, 0.3) is 0 Å². The van der Waals surface area contributed by atoms with E-state index in [2.05, 4.69) is 26.1 Å². The van der Waals surface area contributed by atoms with Crippen LogP contribution in [0.15, 0.2) is 24.3 Å². The molecule has 1 aromatic rings. The minimum Gasteiger partial charge on any atom is -0.367 e. The normalized spacial score (nSPS) is 20.1. The molecule has 1 fully saturated rings. The Bertz CT molecular complexity index is 477. The van der Waals surface area contributed by atoms with E-state index in [4.69, 9.17) is 0 Å². The van der Waals surface area contributed by atoms with Gasteiger partial charge in [0.15, 0.2) is 0 Å². The Morgan fingerprint density at radius 1 is 1.19 bits per heavy atom. The SMILES string of the molecule is CC(C)(C)NCC1CCCN1c1ccccc1C(F)(F)F. The molecule has 1 N–H and O–H groups in total. The van der Waals surface area contributed by atoms with Gasteiger partial charge in [-0.25, -0.2) is 0 Å². The quantitative estimate of drug-likeness (QED) is 0.905. The van der Waals surface area contributed by atoms with Crippen molar-refractivity contribution in [1.82, 2.24) is 5.32 Å². The first kappa shape index (κ1) is 16.1. The topological polar surface area (TPSA) is 15.3 Å². The van der Waals surface area contributed by atoms with Gasteiger partial charge >= 0.3 is 6.18 Å². The molecule has 1 saturated heterocycles. The minimum atomic E-state index is -4.30. The maximum absolute atomic E-state index is 13.2. The lowest BCUT2D eigenvalue weighted by molar-refractivity contribution is -0.137. The van der Waals surface area contributed by atoms with Gasteiger partial charge in [0.1, 0.15) is 0 Å². The average Bonchev–Trinajstić information content (AvgIpc) is 2.82. The van der Waals surface area contributed by atoms with E-state index in [9.17, 15) is 13.2 Å². The molecule has 2 nitrogen and oxygen atoms in total. The summed E-state index contributed by atoms with van der Waals surface area (Å²) < 4.78 is 39.5. The summed E-state index contributed by atoms with van der Waals surface area (Å²) in [5.41, 5.74) is -0.256. The van der Waals surface area contributed by atoms with Gasteiger partial charge in [0.05, 0.1) is 5.56 Å². The molecule has 1 aliphatic heterocycles. The van der Waals surface area contributed by atoms with Gasteiger partial charge in [-0.05, 0) is 45.7 Å². The second-order valence-corrected chi connectivity index (χ2v) is 6.64. The lowest BCUT2D eigenvalue weighted by Crippen LogP contribution is -2.45. The van der Waals surface area contributed by atoms with E-state index in [-0.39, 0.29) is 11.6 Å². The highest BCUT2D eigenvalue weighted by molar-refractivity contribution is 5.56. The standard InChI is InChI=1S/C16H23F3N2/c1-15(2,3)20-11-12-7-6-10-21(12)14-9-5-4-8-13(14)16(17,18)19/h4-5,8-9,12,20H,6-7,10-11H2,1-3H3. The number of nitrogens with one attached hydrogen (secondary N) is 1. The third-order valence-electron chi connectivity index (χ3n) is 3.76. The molecular weight excluding hydrogens is 277 g/mol. The minimum absolute atomic E-state index is 0.0300. The number of halogens is 3. The van der Waals surface area contributed by atoms with Crippen molar-refractivity contribution in [2.75, 3.05) is 18.0 Å². The Kier molecular flexibility index (Phi) is 4.51. The molecule has 0 radical (unpaired) electrons. The summed E-state index contributed by atoms with van der Waals surface area (Å²) in [7, 11) is 0. The molecule has 2 rings (SSSR count). The van der Waals surface area contributed by atoms with Crippen LogP contribution < -0.4 is 10.2 Å². The number of para-hydroxylation sites is 1. The van der Waals surface area contributed by atoms with Gasteiger partial charge in [0.2, 0.25) is 0 Å². The molecule has 0 aromatic heterocycles. The van der Waals surface area contributed by atoms with E-state index in [0.717, 1.165) is 12.8 Å². The van der Waals surface area contributed by atoms with Crippen molar-refractivity contribution in [2.45, 2.75) is 51.4 Å². The molecule has 0 spiro atoms. The maximum atomic E-state index is 13.2. The van der Waals surface area contributed by atoms with Gasteiger partial charge in [-0.2, -0.15) is 13.2 Å². The van der Waals surface area contributed by atoms with Crippen molar-refractivity contribution in [3.8, 4) is 0 Å². The summed E-state index contributed by atoms with van der Waals surface area (Å²) in [6.45, 7) is 7.58. The van der Waals surface area contributed by atoms with Gasteiger partial charge in [0, 0.05) is 30.4 Å². The predicted octanol–water partition coefficient (Wildman–Crippen LogP) is 4.06. The zero-order valence-corrected chi connectivity index (χ0v) is 12.8. The molecule has 1 unspecified atom stereocenters. The molecule has 1 atom stereocenters. The lowest BCUT2D eigenvalue weighted by atomic mass is 10.1. The van der Waals surface area contributed by atoms with Crippen molar-refractivity contribution >= 4 is 5.69 Å². The summed E-state index contributed by atoms with van der Waals surface area (Å²) in [5.74, 6) is 0. The molecular formula is C16H23F3N2. The van der Waals surface area contributed by atoms with Crippen molar-refractivity contribution in [3.63, 3.8) is 0 Å². The molecule has 0 saturated carbocycles. The molecule has 1 aromatic carbocycles. The summed E-state index contributed by atoms with van der Waals surface area (Å²) in [5, 5.41) is 3.40. The van der Waals surface area contributed by atoms with E-state index >= 15 is 0 Å². The highest BCUT2D eigenvalue weighted by Crippen LogP contribution is 2.38. The van der Waals surface area contributed by atoms with Gasteiger partial charge in [0.25, 0.3) is 0 Å². The Morgan fingerprint density at radius 3 is 2.48 bits per heavy atom. The summed E-state index contributed by atoms with van der Waals surface area (Å²) in [4.78, 5) is 1.90. The number of nitrogens with zero attached hydrogens (tertiary/aromatic N) is 1. The van der Waals surface area contributed by atoms with Crippen LogP contribution >= 0.6 is 0 Å². The van der Waals surface area contributed by atoms with Crippen molar-refractivity contribution < 1.29 is 13.2 Å². The Hall–Kier alpha value is -1.23. The largest absolute Gasteiger partial charge is 0.418 e. The molecule has 118 valence electrons.